The van der Waals surface area contributed by atoms with E-state index in [-0.39, 0.29) is 5.91 Å². The Morgan fingerprint density at radius 3 is 2.37 bits per heavy atom. The van der Waals surface area contributed by atoms with Crippen LogP contribution in [0.1, 0.15) is 18.1 Å². The first-order valence-electron chi connectivity index (χ1n) is 6.31. The molecule has 0 spiro atoms. The molecule has 2 rings (SSSR count). The van der Waals surface area contributed by atoms with Crippen molar-refractivity contribution in [3.8, 4) is 5.75 Å². The second kappa shape index (κ2) is 5.84. The highest BCUT2D eigenvalue weighted by atomic mass is 32.2. The Hall–Kier alpha value is -1.20. The fraction of sp³-hybridized carbons (Fsp3) is 0.500. The summed E-state index contributed by atoms with van der Waals surface area (Å²) in [5, 5.41) is 0. The highest BCUT2D eigenvalue weighted by Gasteiger charge is 2.21. The minimum absolute atomic E-state index is 0.110. The predicted octanol–water partition coefficient (Wildman–Crippen LogP) is 1.38. The quantitative estimate of drug-likeness (QED) is 0.770. The van der Waals surface area contributed by atoms with Gasteiger partial charge in [0.25, 0.3) is 0 Å². The zero-order valence-electron chi connectivity index (χ0n) is 11.6. The van der Waals surface area contributed by atoms with Gasteiger partial charge in [0.15, 0.2) is 10.6 Å². The van der Waals surface area contributed by atoms with E-state index in [0.29, 0.717) is 5.75 Å². The molecular weight excluding hydrogens is 262 g/mol. The number of ether oxygens (including phenoxy) is 1. The zero-order valence-corrected chi connectivity index (χ0v) is 12.4. The minimum Gasteiger partial charge on any atom is -0.612 e. The van der Waals surface area contributed by atoms with E-state index in [4.69, 9.17) is 4.74 Å². The molecule has 0 aromatic heterocycles. The van der Waals surface area contributed by atoms with Crippen LogP contribution in [0.2, 0.25) is 0 Å². The summed E-state index contributed by atoms with van der Waals surface area (Å²) < 4.78 is 17.1. The number of hydrogen-bond acceptors (Lipinski definition) is 3. The largest absolute Gasteiger partial charge is 0.612 e. The van der Waals surface area contributed by atoms with E-state index in [2.05, 4.69) is 0 Å². The number of amides is 1. The van der Waals surface area contributed by atoms with Gasteiger partial charge < -0.3 is 14.2 Å². The van der Waals surface area contributed by atoms with Gasteiger partial charge in [0.1, 0.15) is 6.26 Å². The van der Waals surface area contributed by atoms with Gasteiger partial charge >= 0.3 is 0 Å². The fourth-order valence-corrected chi connectivity index (χ4v) is 3.17. The van der Waals surface area contributed by atoms with Gasteiger partial charge in [-0.25, -0.2) is 0 Å². The molecule has 104 valence electrons. The lowest BCUT2D eigenvalue weighted by Crippen LogP contribution is -2.30. The standard InChI is InChI=1S/C14H19NO3S/c1-10(16)15-6-4-11-8-13(18-2)14(19(3)17)9-12(11)5-7-15/h8-9H,4-7H2,1-3H3. The van der Waals surface area contributed by atoms with Crippen molar-refractivity contribution in [2.75, 3.05) is 26.5 Å². The topological polar surface area (TPSA) is 52.6 Å². The Kier molecular flexibility index (Phi) is 4.37. The Morgan fingerprint density at radius 1 is 1.32 bits per heavy atom. The van der Waals surface area contributed by atoms with E-state index < -0.39 is 11.2 Å². The summed E-state index contributed by atoms with van der Waals surface area (Å²) in [7, 11) is 1.59. The third-order valence-corrected chi connectivity index (χ3v) is 4.48. The molecule has 0 fully saturated rings. The molecule has 0 radical (unpaired) electrons. The van der Waals surface area contributed by atoms with Gasteiger partial charge in [-0.1, -0.05) is 0 Å². The summed E-state index contributed by atoms with van der Waals surface area (Å²) >= 11 is -1.07. The predicted molar refractivity (Wildman–Crippen MR) is 75.0 cm³/mol. The summed E-state index contributed by atoms with van der Waals surface area (Å²) in [6.45, 7) is 3.06. The Morgan fingerprint density at radius 2 is 1.89 bits per heavy atom. The number of carbonyl (C=O) groups excluding carboxylic acids is 1. The van der Waals surface area contributed by atoms with E-state index in [9.17, 15) is 9.35 Å². The molecule has 1 unspecified atom stereocenters. The number of benzene rings is 1. The van der Waals surface area contributed by atoms with Crippen molar-refractivity contribution in [1.29, 1.82) is 0 Å². The molecule has 4 nitrogen and oxygen atoms in total. The maximum absolute atomic E-state index is 11.7. The molecule has 1 amide bonds. The summed E-state index contributed by atoms with van der Waals surface area (Å²) in [6.07, 6.45) is 3.29. The molecule has 0 bridgehead atoms. The van der Waals surface area contributed by atoms with Crippen LogP contribution in [-0.4, -0.2) is 41.8 Å². The van der Waals surface area contributed by atoms with Gasteiger partial charge in [-0.3, -0.25) is 4.79 Å². The van der Waals surface area contributed by atoms with Crippen LogP contribution < -0.4 is 4.74 Å². The number of hydrogen-bond donors (Lipinski definition) is 0. The lowest BCUT2D eigenvalue weighted by molar-refractivity contribution is -0.128. The summed E-state index contributed by atoms with van der Waals surface area (Å²) in [4.78, 5) is 14.0. The second-order valence-electron chi connectivity index (χ2n) is 4.73. The first-order valence-corrected chi connectivity index (χ1v) is 7.87. The maximum atomic E-state index is 11.7. The van der Waals surface area contributed by atoms with Crippen molar-refractivity contribution in [3.63, 3.8) is 0 Å². The van der Waals surface area contributed by atoms with Gasteiger partial charge in [0.05, 0.1) is 7.11 Å². The van der Waals surface area contributed by atoms with Crippen LogP contribution >= 0.6 is 0 Å². The van der Waals surface area contributed by atoms with Crippen LogP contribution in [0.5, 0.6) is 5.75 Å². The second-order valence-corrected chi connectivity index (χ2v) is 6.08. The van der Waals surface area contributed by atoms with E-state index in [0.717, 1.165) is 30.8 Å². The molecule has 0 N–H and O–H groups in total. The number of fused-ring (bicyclic) bond motifs is 1. The van der Waals surface area contributed by atoms with Crippen molar-refractivity contribution < 1.29 is 14.1 Å². The van der Waals surface area contributed by atoms with Gasteiger partial charge in [-0.05, 0) is 41.2 Å². The normalized spacial score (nSPS) is 16.5. The third kappa shape index (κ3) is 3.04. The first kappa shape index (κ1) is 14.2. The molecule has 0 aliphatic carbocycles. The van der Waals surface area contributed by atoms with Crippen LogP contribution in [0.4, 0.5) is 0 Å². The Balaban J connectivity index is 2.34. The lowest BCUT2D eigenvalue weighted by atomic mass is 10.0. The minimum atomic E-state index is -1.07. The number of carbonyl (C=O) groups is 1. The van der Waals surface area contributed by atoms with E-state index in [1.165, 1.54) is 11.1 Å². The highest BCUT2D eigenvalue weighted by Crippen LogP contribution is 2.29. The first-order chi connectivity index (χ1) is 9.02. The Bertz CT molecular complexity index is 488. The molecular formula is C14H19NO3S. The SMILES string of the molecule is COc1cc2c(cc1[S+](C)[O-])CCN(C(C)=O)CC2. The van der Waals surface area contributed by atoms with Crippen LogP contribution in [-0.2, 0) is 28.8 Å². The van der Waals surface area contributed by atoms with Crippen molar-refractivity contribution in [1.82, 2.24) is 4.90 Å². The summed E-state index contributed by atoms with van der Waals surface area (Å²) in [5.74, 6) is 0.787. The molecule has 1 heterocycles. The molecule has 1 atom stereocenters. The van der Waals surface area contributed by atoms with Gasteiger partial charge in [-0.2, -0.15) is 0 Å². The zero-order chi connectivity index (χ0) is 14.0. The number of rotatable bonds is 2. The molecule has 0 saturated heterocycles. The van der Waals surface area contributed by atoms with E-state index in [1.54, 1.807) is 20.3 Å². The lowest BCUT2D eigenvalue weighted by Gasteiger charge is -2.17. The van der Waals surface area contributed by atoms with Crippen molar-refractivity contribution in [2.45, 2.75) is 24.7 Å². The monoisotopic (exact) mass is 281 g/mol. The average Bonchev–Trinajstić information content (AvgIpc) is 2.58. The maximum Gasteiger partial charge on any atom is 0.219 e. The van der Waals surface area contributed by atoms with Crippen molar-refractivity contribution in [3.05, 3.63) is 23.3 Å². The average molecular weight is 281 g/mol. The molecule has 1 aliphatic heterocycles. The number of methoxy groups -OCH3 is 1. The molecule has 5 heteroatoms. The van der Waals surface area contributed by atoms with Crippen LogP contribution in [0.3, 0.4) is 0 Å². The smallest absolute Gasteiger partial charge is 0.219 e. The van der Waals surface area contributed by atoms with Gasteiger partial charge in [0, 0.05) is 26.1 Å². The summed E-state index contributed by atoms with van der Waals surface area (Å²) in [6, 6.07) is 3.93. The number of nitrogens with zero attached hydrogens (tertiary/aromatic N) is 1. The molecule has 0 saturated carbocycles. The highest BCUT2D eigenvalue weighted by molar-refractivity contribution is 7.90. The molecule has 19 heavy (non-hydrogen) atoms. The Labute approximate surface area is 116 Å². The van der Waals surface area contributed by atoms with E-state index in [1.807, 2.05) is 17.0 Å². The van der Waals surface area contributed by atoms with E-state index >= 15 is 0 Å². The van der Waals surface area contributed by atoms with Crippen molar-refractivity contribution in [2.24, 2.45) is 0 Å². The van der Waals surface area contributed by atoms with Crippen molar-refractivity contribution >= 4 is 17.1 Å². The van der Waals surface area contributed by atoms with Gasteiger partial charge in [-0.15, -0.1) is 0 Å². The molecule has 1 aromatic rings. The fourth-order valence-electron chi connectivity index (χ4n) is 2.43. The van der Waals surface area contributed by atoms with Crippen LogP contribution in [0.25, 0.3) is 0 Å². The summed E-state index contributed by atoms with van der Waals surface area (Å²) in [5.41, 5.74) is 2.37. The van der Waals surface area contributed by atoms with Crippen LogP contribution in [0.15, 0.2) is 17.0 Å². The molecule has 1 aliphatic rings. The van der Waals surface area contributed by atoms with Gasteiger partial charge in [0.2, 0.25) is 5.91 Å². The third-order valence-electron chi connectivity index (χ3n) is 3.54. The van der Waals surface area contributed by atoms with Crippen LogP contribution in [0, 0.1) is 0 Å². The molecule has 1 aromatic carbocycles.